The van der Waals surface area contributed by atoms with Gasteiger partial charge in [0.2, 0.25) is 0 Å². The third kappa shape index (κ3) is 2.18. The predicted molar refractivity (Wildman–Crippen MR) is 47.7 cm³/mol. The van der Waals surface area contributed by atoms with E-state index < -0.39 is 23.2 Å². The van der Waals surface area contributed by atoms with Crippen molar-refractivity contribution < 1.29 is 23.5 Å². The monoisotopic (exact) mass is 214 g/mol. The van der Waals surface area contributed by atoms with Gasteiger partial charge in [-0.2, -0.15) is 8.78 Å². The number of halogens is 2. The fourth-order valence-corrected chi connectivity index (χ4v) is 1.11. The van der Waals surface area contributed by atoms with E-state index in [1.165, 1.54) is 6.07 Å². The summed E-state index contributed by atoms with van der Waals surface area (Å²) >= 11 is 0. The standard InChI is InChI=1S/C10H8F2O3/c1-6-3-2-4-7(5-6)10(11,12)8(13)9(14)15/h2-5H,1H3,(H,14,15). The van der Waals surface area contributed by atoms with E-state index in [9.17, 15) is 18.4 Å². The average Bonchev–Trinajstić information content (AvgIpc) is 2.16. The van der Waals surface area contributed by atoms with Crippen LogP contribution in [0.5, 0.6) is 0 Å². The van der Waals surface area contributed by atoms with Crippen molar-refractivity contribution in [3.05, 3.63) is 35.4 Å². The van der Waals surface area contributed by atoms with Crippen LogP contribution in [0.2, 0.25) is 0 Å². The fraction of sp³-hybridized carbons (Fsp3) is 0.200. The number of carbonyl (C=O) groups is 2. The first kappa shape index (κ1) is 11.3. The van der Waals surface area contributed by atoms with Crippen molar-refractivity contribution in [3.8, 4) is 0 Å². The number of rotatable bonds is 3. The van der Waals surface area contributed by atoms with E-state index >= 15 is 0 Å². The highest BCUT2D eigenvalue weighted by Gasteiger charge is 2.45. The maximum Gasteiger partial charge on any atom is 0.379 e. The minimum Gasteiger partial charge on any atom is -0.475 e. The Hall–Kier alpha value is -1.78. The molecule has 0 heterocycles. The summed E-state index contributed by atoms with van der Waals surface area (Å²) in [4.78, 5) is 20.9. The molecular weight excluding hydrogens is 206 g/mol. The Morgan fingerprint density at radius 2 is 1.93 bits per heavy atom. The number of hydrogen-bond acceptors (Lipinski definition) is 2. The zero-order valence-corrected chi connectivity index (χ0v) is 7.83. The molecule has 0 bridgehead atoms. The number of alkyl halides is 2. The van der Waals surface area contributed by atoms with Gasteiger partial charge in [0.05, 0.1) is 0 Å². The van der Waals surface area contributed by atoms with Crippen molar-refractivity contribution in [1.29, 1.82) is 0 Å². The lowest BCUT2D eigenvalue weighted by molar-refractivity contribution is -0.163. The van der Waals surface area contributed by atoms with Crippen LogP contribution in [0.3, 0.4) is 0 Å². The van der Waals surface area contributed by atoms with E-state index in [4.69, 9.17) is 5.11 Å². The van der Waals surface area contributed by atoms with Crippen LogP contribution in [0.1, 0.15) is 11.1 Å². The molecule has 1 N–H and O–H groups in total. The molecule has 80 valence electrons. The summed E-state index contributed by atoms with van der Waals surface area (Å²) in [5.74, 6) is -8.23. The predicted octanol–water partition coefficient (Wildman–Crippen LogP) is 1.74. The first-order valence-electron chi connectivity index (χ1n) is 4.08. The highest BCUT2D eigenvalue weighted by molar-refractivity contribution is 6.35. The molecule has 0 aromatic heterocycles. The summed E-state index contributed by atoms with van der Waals surface area (Å²) in [5, 5.41) is 8.22. The molecule has 0 amide bonds. The lowest BCUT2D eigenvalue weighted by Gasteiger charge is -2.12. The molecule has 0 radical (unpaired) electrons. The molecule has 3 nitrogen and oxygen atoms in total. The van der Waals surface area contributed by atoms with E-state index in [0.29, 0.717) is 5.56 Å². The molecule has 1 aromatic rings. The van der Waals surface area contributed by atoms with Crippen LogP contribution in [0, 0.1) is 6.92 Å². The van der Waals surface area contributed by atoms with Crippen molar-refractivity contribution in [1.82, 2.24) is 0 Å². The van der Waals surface area contributed by atoms with Crippen LogP contribution in [-0.2, 0) is 15.5 Å². The van der Waals surface area contributed by atoms with Gasteiger partial charge >= 0.3 is 17.7 Å². The van der Waals surface area contributed by atoms with E-state index in [2.05, 4.69) is 0 Å². The molecule has 1 rings (SSSR count). The zero-order valence-electron chi connectivity index (χ0n) is 7.83. The summed E-state index contributed by atoms with van der Waals surface area (Å²) in [6.07, 6.45) is 0. The van der Waals surface area contributed by atoms with Gasteiger partial charge in [-0.15, -0.1) is 0 Å². The second-order valence-corrected chi connectivity index (χ2v) is 3.08. The first-order valence-corrected chi connectivity index (χ1v) is 4.08. The van der Waals surface area contributed by atoms with Gasteiger partial charge in [0.15, 0.2) is 0 Å². The van der Waals surface area contributed by atoms with Crippen LogP contribution in [-0.4, -0.2) is 16.9 Å². The number of benzene rings is 1. The molecule has 0 aliphatic heterocycles. The topological polar surface area (TPSA) is 54.4 Å². The maximum atomic E-state index is 13.2. The fourth-order valence-electron chi connectivity index (χ4n) is 1.11. The number of Topliss-reactive ketones (excluding diaryl/α,β-unsaturated/α-hetero) is 1. The Labute approximate surface area is 84.3 Å². The number of aryl methyl sites for hydroxylation is 1. The SMILES string of the molecule is Cc1cccc(C(F)(F)C(=O)C(=O)O)c1. The van der Waals surface area contributed by atoms with Gasteiger partial charge < -0.3 is 5.11 Å². The van der Waals surface area contributed by atoms with Gasteiger partial charge in [0.1, 0.15) is 0 Å². The number of aliphatic carboxylic acids is 1. The molecule has 0 fully saturated rings. The Morgan fingerprint density at radius 1 is 1.33 bits per heavy atom. The molecule has 0 unspecified atom stereocenters. The highest BCUT2D eigenvalue weighted by Crippen LogP contribution is 2.29. The number of carboxylic acid groups (broad SMARTS) is 1. The normalized spacial score (nSPS) is 11.1. The van der Waals surface area contributed by atoms with Gasteiger partial charge in [0.25, 0.3) is 0 Å². The van der Waals surface area contributed by atoms with Gasteiger partial charge in [0, 0.05) is 5.56 Å². The molecule has 0 spiro atoms. The summed E-state index contributed by atoms with van der Waals surface area (Å²) in [5.41, 5.74) is -0.0692. The number of ketones is 1. The van der Waals surface area contributed by atoms with Crippen LogP contribution >= 0.6 is 0 Å². The van der Waals surface area contributed by atoms with Crippen molar-refractivity contribution in [2.45, 2.75) is 12.8 Å². The van der Waals surface area contributed by atoms with Crippen LogP contribution in [0.15, 0.2) is 24.3 Å². The average molecular weight is 214 g/mol. The largest absolute Gasteiger partial charge is 0.475 e. The summed E-state index contributed by atoms with van der Waals surface area (Å²) in [6.45, 7) is 1.57. The molecule has 0 aliphatic carbocycles. The van der Waals surface area contributed by atoms with Crippen LogP contribution in [0.25, 0.3) is 0 Å². The van der Waals surface area contributed by atoms with Gasteiger partial charge in [-0.3, -0.25) is 4.79 Å². The Bertz CT molecular complexity index is 413. The lowest BCUT2D eigenvalue weighted by Crippen LogP contribution is -2.32. The van der Waals surface area contributed by atoms with Crippen molar-refractivity contribution in [3.63, 3.8) is 0 Å². The summed E-state index contributed by atoms with van der Waals surface area (Å²) in [6, 6.07) is 5.02. The third-order valence-corrected chi connectivity index (χ3v) is 1.86. The minimum atomic E-state index is -3.97. The molecule has 0 aliphatic rings. The van der Waals surface area contributed by atoms with Crippen LogP contribution < -0.4 is 0 Å². The minimum absolute atomic E-state index is 0.533. The Balaban J connectivity index is 3.16. The lowest BCUT2D eigenvalue weighted by atomic mass is 10.0. The molecule has 0 saturated heterocycles. The van der Waals surface area contributed by atoms with E-state index in [0.717, 1.165) is 12.1 Å². The van der Waals surface area contributed by atoms with E-state index in [1.807, 2.05) is 0 Å². The molecular formula is C10H8F2O3. The van der Waals surface area contributed by atoms with Crippen molar-refractivity contribution in [2.75, 3.05) is 0 Å². The Morgan fingerprint density at radius 3 is 2.40 bits per heavy atom. The molecule has 15 heavy (non-hydrogen) atoms. The maximum absolute atomic E-state index is 13.2. The number of carboxylic acids is 1. The summed E-state index contributed by atoms with van der Waals surface area (Å²) in [7, 11) is 0. The van der Waals surface area contributed by atoms with E-state index in [1.54, 1.807) is 13.0 Å². The van der Waals surface area contributed by atoms with Gasteiger partial charge in [-0.25, -0.2) is 4.79 Å². The third-order valence-electron chi connectivity index (χ3n) is 1.86. The second-order valence-electron chi connectivity index (χ2n) is 3.08. The molecule has 1 aromatic carbocycles. The number of hydrogen-bond donors (Lipinski definition) is 1. The second kappa shape index (κ2) is 3.76. The zero-order chi connectivity index (χ0) is 11.6. The van der Waals surface area contributed by atoms with Gasteiger partial charge in [-0.05, 0) is 13.0 Å². The number of carbonyl (C=O) groups excluding carboxylic acids is 1. The highest BCUT2D eigenvalue weighted by atomic mass is 19.3. The first-order chi connectivity index (χ1) is 6.85. The molecule has 5 heteroatoms. The summed E-state index contributed by atoms with van der Waals surface area (Å²) < 4.78 is 26.5. The molecule has 0 saturated carbocycles. The van der Waals surface area contributed by atoms with Crippen LogP contribution in [0.4, 0.5) is 8.78 Å². The van der Waals surface area contributed by atoms with Gasteiger partial charge in [-0.1, -0.05) is 23.8 Å². The molecule has 0 atom stereocenters. The van der Waals surface area contributed by atoms with E-state index in [-0.39, 0.29) is 0 Å². The Kier molecular flexibility index (Phi) is 2.83. The smallest absolute Gasteiger partial charge is 0.379 e. The van der Waals surface area contributed by atoms with Crippen molar-refractivity contribution >= 4 is 11.8 Å². The quantitative estimate of drug-likeness (QED) is 0.779. The van der Waals surface area contributed by atoms with Crippen molar-refractivity contribution in [2.24, 2.45) is 0 Å².